The number of ether oxygens (including phenoxy) is 1. The number of anilines is 2. The van der Waals surface area contributed by atoms with Crippen molar-refractivity contribution in [3.05, 3.63) is 41.2 Å². The number of benzene rings is 1. The first-order chi connectivity index (χ1) is 20.8. The minimum atomic E-state index is -4.62. The SMILES string of the molecule is Cc1cc(S(=O)(=O)C2CC3(CCN(C(=O)OC(C)(C)C)CC3)C2)ccc1Nc1ncc(C(F)(F)F)c(C2CCC(C)(O)CC2)n1. The Kier molecular flexibility index (Phi) is 8.69. The van der Waals surface area contributed by atoms with Crippen molar-refractivity contribution in [3.8, 4) is 0 Å². The summed E-state index contributed by atoms with van der Waals surface area (Å²) in [5.74, 6) is -0.470. The van der Waals surface area contributed by atoms with Gasteiger partial charge >= 0.3 is 12.3 Å². The average molecular weight is 653 g/mol. The van der Waals surface area contributed by atoms with Gasteiger partial charge in [0.25, 0.3) is 0 Å². The summed E-state index contributed by atoms with van der Waals surface area (Å²) in [7, 11) is -3.61. The number of sulfone groups is 1. The molecular weight excluding hydrogens is 609 g/mol. The van der Waals surface area contributed by atoms with E-state index in [1.807, 2.05) is 20.8 Å². The number of aliphatic hydroxyl groups is 1. The standard InChI is InChI=1S/C32H43F3N4O5S/c1-20-16-22(45(42,43)23-17-31(18-23)12-14-39(15-13-31)28(40)44-29(2,3)4)6-7-25(20)37-27-36-19-24(32(33,34)35)26(38-27)21-8-10-30(5,41)11-9-21/h6-7,16,19,21,23,41H,8-15,17-18H2,1-5H3,(H,36,37,38). The molecule has 2 saturated carbocycles. The van der Waals surface area contributed by atoms with Gasteiger partial charge in [-0.25, -0.2) is 23.2 Å². The number of nitrogens with one attached hydrogen (secondary N) is 1. The molecule has 2 heterocycles. The second-order valence-electron chi connectivity index (χ2n) is 14.4. The fraction of sp³-hybridized carbons (Fsp3) is 0.656. The van der Waals surface area contributed by atoms with E-state index in [9.17, 15) is 31.5 Å². The highest BCUT2D eigenvalue weighted by Gasteiger charge is 2.51. The fourth-order valence-corrected chi connectivity index (χ4v) is 8.92. The summed E-state index contributed by atoms with van der Waals surface area (Å²) >= 11 is 0. The zero-order valence-electron chi connectivity index (χ0n) is 26.5. The van der Waals surface area contributed by atoms with Gasteiger partial charge < -0.3 is 20.1 Å². The van der Waals surface area contributed by atoms with Crippen LogP contribution in [0.2, 0.25) is 0 Å². The lowest BCUT2D eigenvalue weighted by Crippen LogP contribution is -2.53. The molecular formula is C32H43F3N4O5S. The van der Waals surface area contributed by atoms with Crippen LogP contribution in [0.1, 0.15) is 102 Å². The highest BCUT2D eigenvalue weighted by Crippen LogP contribution is 2.53. The molecule has 1 aromatic carbocycles. The molecule has 5 rings (SSSR count). The van der Waals surface area contributed by atoms with Crippen LogP contribution in [-0.2, 0) is 20.8 Å². The summed E-state index contributed by atoms with van der Waals surface area (Å²) in [6, 6.07) is 4.67. The van der Waals surface area contributed by atoms with Gasteiger partial charge in [0.15, 0.2) is 9.84 Å². The lowest BCUT2D eigenvalue weighted by atomic mass is 9.63. The average Bonchev–Trinajstić information content (AvgIpc) is 2.91. The molecule has 9 nitrogen and oxygen atoms in total. The molecule has 0 atom stereocenters. The van der Waals surface area contributed by atoms with Crippen LogP contribution < -0.4 is 5.32 Å². The Morgan fingerprint density at radius 3 is 2.27 bits per heavy atom. The summed E-state index contributed by atoms with van der Waals surface area (Å²) in [6.07, 6.45) is -0.121. The molecule has 1 amide bonds. The number of amides is 1. The van der Waals surface area contributed by atoms with Gasteiger partial charge in [0.05, 0.1) is 27.0 Å². The predicted molar refractivity (Wildman–Crippen MR) is 163 cm³/mol. The summed E-state index contributed by atoms with van der Waals surface area (Å²) < 4.78 is 74.0. The zero-order chi connectivity index (χ0) is 33.0. The Morgan fingerprint density at radius 2 is 1.71 bits per heavy atom. The lowest BCUT2D eigenvalue weighted by Gasteiger charge is -2.51. The summed E-state index contributed by atoms with van der Waals surface area (Å²) in [6.45, 7) is 9.97. The molecule has 1 aliphatic heterocycles. The van der Waals surface area contributed by atoms with E-state index in [0.29, 0.717) is 62.9 Å². The van der Waals surface area contributed by atoms with E-state index < -0.39 is 43.9 Å². The number of hydrogen-bond donors (Lipinski definition) is 2. The molecule has 1 spiro atoms. The molecule has 2 aromatic rings. The number of piperidine rings is 1. The van der Waals surface area contributed by atoms with Crippen LogP contribution in [0, 0.1) is 12.3 Å². The lowest BCUT2D eigenvalue weighted by molar-refractivity contribution is -0.139. The number of rotatable bonds is 5. The largest absolute Gasteiger partial charge is 0.444 e. The van der Waals surface area contributed by atoms with Gasteiger partial charge in [-0.15, -0.1) is 0 Å². The van der Waals surface area contributed by atoms with Crippen molar-refractivity contribution in [2.24, 2.45) is 5.41 Å². The van der Waals surface area contributed by atoms with Crippen molar-refractivity contribution < 1.29 is 36.2 Å². The fourth-order valence-electron chi connectivity index (χ4n) is 6.79. The number of aryl methyl sites for hydroxylation is 1. The number of carbonyl (C=O) groups excluding carboxylic acids is 1. The molecule has 1 saturated heterocycles. The van der Waals surface area contributed by atoms with Gasteiger partial charge in [-0.3, -0.25) is 0 Å². The van der Waals surface area contributed by atoms with Crippen molar-refractivity contribution in [1.29, 1.82) is 0 Å². The number of alkyl halides is 3. The van der Waals surface area contributed by atoms with E-state index >= 15 is 0 Å². The van der Waals surface area contributed by atoms with Gasteiger partial charge in [-0.2, -0.15) is 13.2 Å². The monoisotopic (exact) mass is 652 g/mol. The summed E-state index contributed by atoms with van der Waals surface area (Å²) in [4.78, 5) is 22.5. The third-order valence-corrected chi connectivity index (χ3v) is 11.7. The Balaban J connectivity index is 1.25. The smallest absolute Gasteiger partial charge is 0.419 e. The third-order valence-electron chi connectivity index (χ3n) is 9.58. The van der Waals surface area contributed by atoms with Crippen LogP contribution in [0.3, 0.4) is 0 Å². The van der Waals surface area contributed by atoms with Gasteiger partial charge in [0.2, 0.25) is 5.95 Å². The van der Waals surface area contributed by atoms with Crippen molar-refractivity contribution >= 4 is 27.6 Å². The molecule has 0 bridgehead atoms. The maximum Gasteiger partial charge on any atom is 0.419 e. The van der Waals surface area contributed by atoms with Crippen molar-refractivity contribution in [1.82, 2.24) is 14.9 Å². The second kappa shape index (κ2) is 11.7. The maximum absolute atomic E-state index is 13.8. The Morgan fingerprint density at radius 1 is 1.09 bits per heavy atom. The minimum absolute atomic E-state index is 0.00676. The third kappa shape index (κ3) is 7.40. The van der Waals surface area contributed by atoms with Crippen molar-refractivity contribution in [3.63, 3.8) is 0 Å². The molecule has 0 unspecified atom stereocenters. The van der Waals surface area contributed by atoms with Crippen LogP contribution >= 0.6 is 0 Å². The minimum Gasteiger partial charge on any atom is -0.444 e. The molecule has 2 aliphatic carbocycles. The topological polar surface area (TPSA) is 122 Å². The first-order valence-corrected chi connectivity index (χ1v) is 17.1. The summed E-state index contributed by atoms with van der Waals surface area (Å²) in [5, 5.41) is 12.7. The van der Waals surface area contributed by atoms with Gasteiger partial charge in [0, 0.05) is 30.9 Å². The second-order valence-corrected chi connectivity index (χ2v) is 16.6. The van der Waals surface area contributed by atoms with Crippen LogP contribution in [0.4, 0.5) is 29.6 Å². The van der Waals surface area contributed by atoms with Crippen molar-refractivity contribution in [2.45, 2.75) is 119 Å². The van der Waals surface area contributed by atoms with Gasteiger partial charge in [-0.05, 0) is 115 Å². The van der Waals surface area contributed by atoms with E-state index in [4.69, 9.17) is 4.74 Å². The molecule has 248 valence electrons. The number of aromatic nitrogens is 2. The predicted octanol–water partition coefficient (Wildman–Crippen LogP) is 6.91. The van der Waals surface area contributed by atoms with Crippen molar-refractivity contribution in [2.75, 3.05) is 18.4 Å². The Hall–Kier alpha value is -2.93. The number of likely N-dealkylation sites (tertiary alicyclic amines) is 1. The first-order valence-electron chi connectivity index (χ1n) is 15.5. The van der Waals surface area contributed by atoms with Gasteiger partial charge in [0.1, 0.15) is 5.60 Å². The van der Waals surface area contributed by atoms with Crippen LogP contribution in [-0.4, -0.2) is 64.0 Å². The molecule has 2 N–H and O–H groups in total. The first kappa shape index (κ1) is 33.4. The Bertz CT molecular complexity index is 1530. The summed E-state index contributed by atoms with van der Waals surface area (Å²) in [5.41, 5.74) is -1.46. The highest BCUT2D eigenvalue weighted by molar-refractivity contribution is 7.92. The van der Waals surface area contributed by atoms with Crippen LogP contribution in [0.15, 0.2) is 29.3 Å². The molecule has 45 heavy (non-hydrogen) atoms. The van der Waals surface area contributed by atoms with E-state index in [1.165, 1.54) is 6.07 Å². The molecule has 3 fully saturated rings. The van der Waals surface area contributed by atoms with Crippen LogP contribution in [0.25, 0.3) is 0 Å². The van der Waals surface area contributed by atoms with E-state index in [2.05, 4.69) is 15.3 Å². The molecule has 1 aromatic heterocycles. The van der Waals surface area contributed by atoms with E-state index in [1.54, 1.807) is 30.9 Å². The highest BCUT2D eigenvalue weighted by atomic mass is 32.2. The molecule has 0 radical (unpaired) electrons. The van der Waals surface area contributed by atoms with E-state index in [-0.39, 0.29) is 28.0 Å². The number of nitrogens with zero attached hydrogens (tertiary/aromatic N) is 3. The molecule has 3 aliphatic rings. The van der Waals surface area contributed by atoms with Crippen LogP contribution in [0.5, 0.6) is 0 Å². The maximum atomic E-state index is 13.8. The normalized spacial score (nSPS) is 24.3. The van der Waals surface area contributed by atoms with E-state index in [0.717, 1.165) is 19.0 Å². The zero-order valence-corrected chi connectivity index (χ0v) is 27.3. The van der Waals surface area contributed by atoms with Gasteiger partial charge in [-0.1, -0.05) is 0 Å². The molecule has 13 heteroatoms. The quantitative estimate of drug-likeness (QED) is 0.358. The number of halogens is 3. The number of carbonyl (C=O) groups is 1. The number of hydrogen-bond acceptors (Lipinski definition) is 8. The Labute approximate surface area is 262 Å².